The number of rotatable bonds is 11. The quantitative estimate of drug-likeness (QED) is 0.299. The molecule has 2 atom stereocenters. The molecular formula is C27H30ClN5O5S4. The molecule has 3 aromatic rings. The van der Waals surface area contributed by atoms with E-state index >= 15 is 0 Å². The van der Waals surface area contributed by atoms with E-state index in [0.29, 0.717) is 36.8 Å². The molecule has 0 saturated carbocycles. The van der Waals surface area contributed by atoms with Crippen molar-refractivity contribution in [2.45, 2.75) is 46.9 Å². The highest BCUT2D eigenvalue weighted by Crippen LogP contribution is 2.37. The van der Waals surface area contributed by atoms with Gasteiger partial charge in [-0.15, -0.1) is 34.4 Å². The molecule has 0 radical (unpaired) electrons. The molecule has 15 heteroatoms. The molecule has 0 spiro atoms. The van der Waals surface area contributed by atoms with Crippen LogP contribution in [0.5, 0.6) is 0 Å². The van der Waals surface area contributed by atoms with Crippen molar-refractivity contribution in [1.82, 2.24) is 24.8 Å². The lowest BCUT2D eigenvalue weighted by Gasteiger charge is -2.34. The Morgan fingerprint density at radius 2 is 1.76 bits per heavy atom. The first-order valence-electron chi connectivity index (χ1n) is 13.5. The zero-order valence-electron chi connectivity index (χ0n) is 22.5. The molecule has 224 valence electrons. The third-order valence-corrected chi connectivity index (χ3v) is 12.6. The standard InChI is InChI=1S/C27H30ClN5O5S4/c28-23-7-5-21(40-23)22-6-8-26(41-22)42(37,38)31-20-4-2-13-32(27(20)36)16-25(35)33-14-1-3-18(33)15-30-24(34)17-39-19-9-11-29-12-10-19/h5-12,18,20,31H,1-4,13-17H2,(H,30,34)/t18-,20?/m0/s1. The summed E-state index contributed by atoms with van der Waals surface area (Å²) in [6, 6.07) is 9.44. The number of nitrogens with zero attached hydrogens (tertiary/aromatic N) is 3. The predicted molar refractivity (Wildman–Crippen MR) is 165 cm³/mol. The van der Waals surface area contributed by atoms with E-state index in [1.165, 1.54) is 34.1 Å². The normalized spacial score (nSPS) is 19.3. The molecule has 1 unspecified atom stereocenters. The second-order valence-corrected chi connectivity index (χ2v) is 15.7. The Kier molecular flexibility index (Phi) is 10.2. The van der Waals surface area contributed by atoms with Crippen LogP contribution < -0.4 is 10.0 Å². The number of piperidine rings is 1. The van der Waals surface area contributed by atoms with Gasteiger partial charge in [0.25, 0.3) is 10.0 Å². The van der Waals surface area contributed by atoms with Crippen molar-refractivity contribution >= 4 is 73.8 Å². The second kappa shape index (κ2) is 13.9. The third kappa shape index (κ3) is 7.71. The Bertz CT molecular complexity index is 1530. The van der Waals surface area contributed by atoms with Crippen LogP contribution in [0.4, 0.5) is 0 Å². The van der Waals surface area contributed by atoms with Gasteiger partial charge in [-0.3, -0.25) is 19.4 Å². The Labute approximate surface area is 261 Å². The number of halogens is 1. The number of aromatic nitrogens is 1. The second-order valence-electron chi connectivity index (χ2n) is 9.96. The van der Waals surface area contributed by atoms with Crippen LogP contribution in [0.1, 0.15) is 25.7 Å². The minimum absolute atomic E-state index is 0.115. The summed E-state index contributed by atoms with van der Waals surface area (Å²) in [5.74, 6) is -0.460. The van der Waals surface area contributed by atoms with Crippen molar-refractivity contribution in [2.24, 2.45) is 0 Å². The van der Waals surface area contributed by atoms with E-state index in [9.17, 15) is 22.8 Å². The van der Waals surface area contributed by atoms with Crippen LogP contribution in [0.3, 0.4) is 0 Å². The van der Waals surface area contributed by atoms with Crippen molar-refractivity contribution in [3.63, 3.8) is 0 Å². The molecule has 3 amide bonds. The van der Waals surface area contributed by atoms with Gasteiger partial charge >= 0.3 is 0 Å². The number of pyridine rings is 1. The van der Waals surface area contributed by atoms with Gasteiger partial charge in [-0.05, 0) is 62.1 Å². The van der Waals surface area contributed by atoms with Crippen molar-refractivity contribution in [3.05, 3.63) is 53.1 Å². The number of hydrogen-bond acceptors (Lipinski definition) is 9. The van der Waals surface area contributed by atoms with Gasteiger partial charge in [0.15, 0.2) is 0 Å². The van der Waals surface area contributed by atoms with Gasteiger partial charge in [0, 0.05) is 52.7 Å². The van der Waals surface area contributed by atoms with Crippen LogP contribution in [0.2, 0.25) is 4.34 Å². The summed E-state index contributed by atoms with van der Waals surface area (Å²) in [5.41, 5.74) is 0. The Morgan fingerprint density at radius 1 is 1.02 bits per heavy atom. The van der Waals surface area contributed by atoms with Crippen LogP contribution in [-0.4, -0.2) is 84.9 Å². The van der Waals surface area contributed by atoms with Gasteiger partial charge in [-0.1, -0.05) is 11.6 Å². The largest absolute Gasteiger partial charge is 0.353 e. The number of sulfonamides is 1. The number of likely N-dealkylation sites (tertiary alicyclic amines) is 2. The van der Waals surface area contributed by atoms with E-state index in [0.717, 1.165) is 38.8 Å². The highest BCUT2D eigenvalue weighted by Gasteiger charge is 2.36. The lowest BCUT2D eigenvalue weighted by Crippen LogP contribution is -2.55. The molecule has 5 rings (SSSR count). The summed E-state index contributed by atoms with van der Waals surface area (Å²) in [6.07, 6.45) is 5.86. The molecule has 2 aliphatic rings. The molecule has 0 aliphatic carbocycles. The van der Waals surface area contributed by atoms with Crippen molar-refractivity contribution < 1.29 is 22.8 Å². The maximum Gasteiger partial charge on any atom is 0.250 e. The van der Waals surface area contributed by atoms with Gasteiger partial charge in [0.2, 0.25) is 17.7 Å². The summed E-state index contributed by atoms with van der Waals surface area (Å²) < 4.78 is 29.5. The lowest BCUT2D eigenvalue weighted by atomic mass is 10.1. The minimum atomic E-state index is -3.94. The molecule has 42 heavy (non-hydrogen) atoms. The van der Waals surface area contributed by atoms with Gasteiger partial charge in [-0.25, -0.2) is 8.42 Å². The number of thioether (sulfide) groups is 1. The zero-order valence-corrected chi connectivity index (χ0v) is 26.6. The molecule has 5 heterocycles. The Morgan fingerprint density at radius 3 is 2.52 bits per heavy atom. The number of carbonyl (C=O) groups excluding carboxylic acids is 3. The fraction of sp³-hybridized carbons (Fsp3) is 0.407. The molecule has 0 bridgehead atoms. The first-order valence-corrected chi connectivity index (χ1v) is 17.9. The van der Waals surface area contributed by atoms with Gasteiger partial charge < -0.3 is 15.1 Å². The van der Waals surface area contributed by atoms with Crippen LogP contribution in [0.25, 0.3) is 9.75 Å². The molecular weight excluding hydrogens is 638 g/mol. The van der Waals surface area contributed by atoms with E-state index in [1.54, 1.807) is 29.4 Å². The minimum Gasteiger partial charge on any atom is -0.353 e. The summed E-state index contributed by atoms with van der Waals surface area (Å²) in [4.78, 5) is 48.6. The Hall–Kier alpha value is -2.49. The Balaban J connectivity index is 1.13. The van der Waals surface area contributed by atoms with E-state index in [4.69, 9.17) is 11.6 Å². The predicted octanol–water partition coefficient (Wildman–Crippen LogP) is 3.69. The molecule has 3 aromatic heterocycles. The van der Waals surface area contributed by atoms with E-state index < -0.39 is 22.0 Å². The van der Waals surface area contributed by atoms with Crippen molar-refractivity contribution in [3.8, 4) is 9.75 Å². The number of hydrogen-bond donors (Lipinski definition) is 2. The molecule has 10 nitrogen and oxygen atoms in total. The monoisotopic (exact) mass is 667 g/mol. The average Bonchev–Trinajstić information content (AvgIpc) is 3.74. The number of carbonyl (C=O) groups is 3. The number of amides is 3. The SMILES string of the molecule is O=C(CSc1ccncc1)NC[C@@H]1CCCN1C(=O)CN1CCCC(NS(=O)(=O)c2ccc(-c3ccc(Cl)s3)s2)C1=O. The van der Waals surface area contributed by atoms with Crippen LogP contribution >= 0.6 is 46.0 Å². The number of nitrogens with one attached hydrogen (secondary N) is 2. The topological polar surface area (TPSA) is 129 Å². The maximum atomic E-state index is 13.3. The first-order chi connectivity index (χ1) is 20.2. The smallest absolute Gasteiger partial charge is 0.250 e. The molecule has 2 N–H and O–H groups in total. The zero-order chi connectivity index (χ0) is 29.7. The van der Waals surface area contributed by atoms with Crippen molar-refractivity contribution in [2.75, 3.05) is 31.9 Å². The summed E-state index contributed by atoms with van der Waals surface area (Å²) >= 11 is 9.91. The lowest BCUT2D eigenvalue weighted by molar-refractivity contribution is -0.143. The van der Waals surface area contributed by atoms with E-state index in [2.05, 4.69) is 15.0 Å². The van der Waals surface area contributed by atoms with E-state index in [1.807, 2.05) is 18.2 Å². The summed E-state index contributed by atoms with van der Waals surface area (Å²) in [6.45, 7) is 1.16. The van der Waals surface area contributed by atoms with E-state index in [-0.39, 0.29) is 34.4 Å². The van der Waals surface area contributed by atoms with Crippen LogP contribution in [-0.2, 0) is 24.4 Å². The van der Waals surface area contributed by atoms with Crippen molar-refractivity contribution in [1.29, 1.82) is 0 Å². The fourth-order valence-electron chi connectivity index (χ4n) is 4.99. The highest BCUT2D eigenvalue weighted by atomic mass is 35.5. The summed E-state index contributed by atoms with van der Waals surface area (Å²) in [7, 11) is -3.94. The molecule has 0 aromatic carbocycles. The molecule has 2 fully saturated rings. The number of thiophene rings is 2. The average molecular weight is 668 g/mol. The van der Waals surface area contributed by atoms with Crippen LogP contribution in [0.15, 0.2) is 57.9 Å². The molecule has 2 aliphatic heterocycles. The third-order valence-electron chi connectivity index (χ3n) is 7.07. The molecule has 2 saturated heterocycles. The van der Waals surface area contributed by atoms with Gasteiger partial charge in [0.1, 0.15) is 10.3 Å². The van der Waals surface area contributed by atoms with Crippen LogP contribution in [0, 0.1) is 0 Å². The fourth-order valence-corrected chi connectivity index (χ4v) is 9.39. The highest BCUT2D eigenvalue weighted by molar-refractivity contribution is 8.00. The maximum absolute atomic E-state index is 13.3. The van der Waals surface area contributed by atoms with Gasteiger partial charge in [0.05, 0.1) is 16.6 Å². The first kappa shape index (κ1) is 31.0. The van der Waals surface area contributed by atoms with Gasteiger partial charge in [-0.2, -0.15) is 4.72 Å². The summed E-state index contributed by atoms with van der Waals surface area (Å²) in [5, 5.41) is 2.92.